The second kappa shape index (κ2) is 12.4. The molecule has 2 aromatic carbocycles. The molecule has 0 spiro atoms. The van der Waals surface area contributed by atoms with Crippen LogP contribution in [0.2, 0.25) is 5.02 Å². The van der Waals surface area contributed by atoms with Gasteiger partial charge in [0, 0.05) is 18.1 Å². The summed E-state index contributed by atoms with van der Waals surface area (Å²) in [7, 11) is 0. The fourth-order valence-electron chi connectivity index (χ4n) is 2.23. The zero-order chi connectivity index (χ0) is 18.8. The smallest absolute Gasteiger partial charge is 0.255 e. The molecule has 0 saturated carbocycles. The van der Waals surface area contributed by atoms with E-state index in [2.05, 4.69) is 15.6 Å². The summed E-state index contributed by atoms with van der Waals surface area (Å²) in [6.07, 6.45) is 0. The SMILES string of the molecule is CCNC(=NCc1cccc(Cl)c1)NCc1cccc(OCC(N)=O)c1.I. The van der Waals surface area contributed by atoms with Gasteiger partial charge in [0.1, 0.15) is 5.75 Å². The van der Waals surface area contributed by atoms with Gasteiger partial charge in [0.2, 0.25) is 0 Å². The average Bonchev–Trinajstić information content (AvgIpc) is 2.63. The van der Waals surface area contributed by atoms with Crippen LogP contribution >= 0.6 is 35.6 Å². The van der Waals surface area contributed by atoms with E-state index in [-0.39, 0.29) is 30.6 Å². The van der Waals surface area contributed by atoms with Crippen LogP contribution in [0.1, 0.15) is 18.1 Å². The van der Waals surface area contributed by atoms with Crippen LogP contribution in [0.4, 0.5) is 0 Å². The summed E-state index contributed by atoms with van der Waals surface area (Å²) in [5.41, 5.74) is 7.13. The van der Waals surface area contributed by atoms with Crippen LogP contribution in [-0.2, 0) is 17.9 Å². The highest BCUT2D eigenvalue weighted by atomic mass is 127. The number of nitrogens with one attached hydrogen (secondary N) is 2. The number of hydrogen-bond donors (Lipinski definition) is 3. The van der Waals surface area contributed by atoms with Gasteiger partial charge < -0.3 is 21.1 Å². The largest absolute Gasteiger partial charge is 0.484 e. The summed E-state index contributed by atoms with van der Waals surface area (Å²) in [6, 6.07) is 15.1. The number of aliphatic imine (C=N–C) groups is 1. The monoisotopic (exact) mass is 502 g/mol. The maximum Gasteiger partial charge on any atom is 0.255 e. The van der Waals surface area contributed by atoms with Crippen LogP contribution in [-0.4, -0.2) is 25.0 Å². The van der Waals surface area contributed by atoms with Crippen molar-refractivity contribution in [1.29, 1.82) is 0 Å². The fourth-order valence-corrected chi connectivity index (χ4v) is 2.45. The number of nitrogens with two attached hydrogens (primary N) is 1. The van der Waals surface area contributed by atoms with Gasteiger partial charge in [-0.05, 0) is 42.3 Å². The first-order chi connectivity index (χ1) is 12.6. The number of halogens is 2. The second-order valence-electron chi connectivity index (χ2n) is 5.58. The lowest BCUT2D eigenvalue weighted by Crippen LogP contribution is -2.36. The van der Waals surface area contributed by atoms with Gasteiger partial charge >= 0.3 is 0 Å². The van der Waals surface area contributed by atoms with E-state index >= 15 is 0 Å². The molecule has 0 aromatic heterocycles. The van der Waals surface area contributed by atoms with Gasteiger partial charge in [-0.25, -0.2) is 4.99 Å². The van der Waals surface area contributed by atoms with Gasteiger partial charge in [-0.15, -0.1) is 24.0 Å². The van der Waals surface area contributed by atoms with Crippen LogP contribution in [0.25, 0.3) is 0 Å². The number of nitrogens with zero attached hydrogens (tertiary/aromatic N) is 1. The number of ether oxygens (including phenoxy) is 1. The molecule has 8 heteroatoms. The maximum atomic E-state index is 10.8. The molecule has 1 amide bonds. The number of amides is 1. The first kappa shape index (κ1) is 23.0. The molecule has 4 N–H and O–H groups in total. The molecule has 0 aliphatic heterocycles. The van der Waals surface area contributed by atoms with Gasteiger partial charge in [0.25, 0.3) is 5.91 Å². The Bertz CT molecular complexity index is 771. The third kappa shape index (κ3) is 8.96. The summed E-state index contributed by atoms with van der Waals surface area (Å²) in [5.74, 6) is 0.802. The Balaban J connectivity index is 0.00000364. The van der Waals surface area contributed by atoms with Crippen molar-refractivity contribution in [2.75, 3.05) is 13.2 Å². The predicted octanol–water partition coefficient (Wildman–Crippen LogP) is 3.08. The molecule has 6 nitrogen and oxygen atoms in total. The highest BCUT2D eigenvalue weighted by Gasteiger charge is 2.02. The van der Waals surface area contributed by atoms with Crippen molar-refractivity contribution < 1.29 is 9.53 Å². The van der Waals surface area contributed by atoms with Gasteiger partial charge in [-0.3, -0.25) is 4.79 Å². The van der Waals surface area contributed by atoms with Crippen LogP contribution < -0.4 is 21.1 Å². The standard InChI is InChI=1S/C19H23ClN4O2.HI/c1-2-22-19(23-11-14-5-3-7-16(20)9-14)24-12-15-6-4-8-17(10-15)26-13-18(21)25;/h3-10H,2,11-13H2,1H3,(H2,21,25)(H2,22,23,24);1H. The van der Waals surface area contributed by atoms with E-state index in [4.69, 9.17) is 22.1 Å². The molecular formula is C19H24ClIN4O2. The van der Waals surface area contributed by atoms with Crippen molar-refractivity contribution in [3.63, 3.8) is 0 Å². The van der Waals surface area contributed by atoms with Crippen molar-refractivity contribution in [3.8, 4) is 5.75 Å². The molecule has 0 aliphatic rings. The number of primary amides is 1. The molecular weight excluding hydrogens is 479 g/mol. The third-order valence-electron chi connectivity index (χ3n) is 3.39. The minimum Gasteiger partial charge on any atom is -0.484 e. The number of benzene rings is 2. The Morgan fingerprint density at radius 2 is 1.89 bits per heavy atom. The average molecular weight is 503 g/mol. The Labute approximate surface area is 181 Å². The van der Waals surface area contributed by atoms with Gasteiger partial charge in [-0.1, -0.05) is 35.9 Å². The molecule has 27 heavy (non-hydrogen) atoms. The lowest BCUT2D eigenvalue weighted by molar-refractivity contribution is -0.119. The molecule has 0 atom stereocenters. The van der Waals surface area contributed by atoms with Crippen molar-refractivity contribution in [3.05, 3.63) is 64.7 Å². The fraction of sp³-hybridized carbons (Fsp3) is 0.263. The van der Waals surface area contributed by atoms with Gasteiger partial charge in [-0.2, -0.15) is 0 Å². The van der Waals surface area contributed by atoms with E-state index in [1.165, 1.54) is 0 Å². The number of carbonyl (C=O) groups excluding carboxylic acids is 1. The minimum atomic E-state index is -0.504. The maximum absolute atomic E-state index is 10.8. The lowest BCUT2D eigenvalue weighted by atomic mass is 10.2. The van der Waals surface area contributed by atoms with E-state index in [1.807, 2.05) is 49.4 Å². The molecule has 2 rings (SSSR count). The Morgan fingerprint density at radius 1 is 1.15 bits per heavy atom. The molecule has 0 radical (unpaired) electrons. The van der Waals surface area contributed by atoms with Crippen LogP contribution in [0.5, 0.6) is 5.75 Å². The summed E-state index contributed by atoms with van der Waals surface area (Å²) in [5, 5.41) is 7.18. The number of guanidine groups is 1. The van der Waals surface area contributed by atoms with Crippen molar-refractivity contribution >= 4 is 47.4 Å². The minimum absolute atomic E-state index is 0. The van der Waals surface area contributed by atoms with Crippen molar-refractivity contribution in [2.24, 2.45) is 10.7 Å². The number of carbonyl (C=O) groups is 1. The van der Waals surface area contributed by atoms with Crippen LogP contribution in [0.15, 0.2) is 53.5 Å². The first-order valence-electron chi connectivity index (χ1n) is 8.33. The van der Waals surface area contributed by atoms with Crippen LogP contribution in [0.3, 0.4) is 0 Å². The van der Waals surface area contributed by atoms with E-state index in [0.29, 0.717) is 29.8 Å². The normalized spacial score (nSPS) is 10.7. The Kier molecular flexibility index (Phi) is 10.6. The highest BCUT2D eigenvalue weighted by molar-refractivity contribution is 14.0. The number of rotatable bonds is 8. The van der Waals surface area contributed by atoms with Crippen molar-refractivity contribution in [1.82, 2.24) is 10.6 Å². The topological polar surface area (TPSA) is 88.7 Å². The highest BCUT2D eigenvalue weighted by Crippen LogP contribution is 2.13. The Hall–Kier alpha value is -2.00. The van der Waals surface area contributed by atoms with E-state index < -0.39 is 5.91 Å². The lowest BCUT2D eigenvalue weighted by Gasteiger charge is -2.12. The zero-order valence-corrected chi connectivity index (χ0v) is 18.2. The summed E-state index contributed by atoms with van der Waals surface area (Å²) in [6.45, 7) is 3.71. The number of hydrogen-bond acceptors (Lipinski definition) is 3. The van der Waals surface area contributed by atoms with E-state index in [0.717, 1.165) is 17.7 Å². The summed E-state index contributed by atoms with van der Waals surface area (Å²) in [4.78, 5) is 15.4. The molecule has 0 unspecified atom stereocenters. The summed E-state index contributed by atoms with van der Waals surface area (Å²) >= 11 is 6.00. The first-order valence-corrected chi connectivity index (χ1v) is 8.71. The molecule has 146 valence electrons. The molecule has 0 fully saturated rings. The molecule has 0 heterocycles. The second-order valence-corrected chi connectivity index (χ2v) is 6.02. The molecule has 0 bridgehead atoms. The summed E-state index contributed by atoms with van der Waals surface area (Å²) < 4.78 is 5.32. The predicted molar refractivity (Wildman–Crippen MR) is 120 cm³/mol. The zero-order valence-electron chi connectivity index (χ0n) is 15.1. The van der Waals surface area contributed by atoms with Crippen molar-refractivity contribution in [2.45, 2.75) is 20.0 Å². The van der Waals surface area contributed by atoms with Crippen LogP contribution in [0, 0.1) is 0 Å². The van der Waals surface area contributed by atoms with Gasteiger partial charge in [0.15, 0.2) is 12.6 Å². The molecule has 2 aromatic rings. The van der Waals surface area contributed by atoms with E-state index in [1.54, 1.807) is 6.07 Å². The van der Waals surface area contributed by atoms with E-state index in [9.17, 15) is 4.79 Å². The van der Waals surface area contributed by atoms with Gasteiger partial charge in [0.05, 0.1) is 6.54 Å². The molecule has 0 aliphatic carbocycles. The third-order valence-corrected chi connectivity index (χ3v) is 3.63. The molecule has 0 saturated heterocycles. The quantitative estimate of drug-likeness (QED) is 0.294. The Morgan fingerprint density at radius 3 is 2.59 bits per heavy atom.